The number of nitrogens with one attached hydrogen (secondary N) is 1. The second kappa shape index (κ2) is 6.21. The number of nitrogens with two attached hydrogens (primary N) is 1. The van der Waals surface area contributed by atoms with Gasteiger partial charge in [0.15, 0.2) is 0 Å². The predicted octanol–water partition coefficient (Wildman–Crippen LogP) is 0.260. The summed E-state index contributed by atoms with van der Waals surface area (Å²) in [6.07, 6.45) is 1.08. The van der Waals surface area contributed by atoms with E-state index in [0.717, 1.165) is 5.76 Å². The van der Waals surface area contributed by atoms with Crippen LogP contribution in [0.3, 0.4) is 0 Å². The Morgan fingerprint density at radius 2 is 2.53 bits per heavy atom. The molecule has 84 valence electrons. The van der Waals surface area contributed by atoms with Gasteiger partial charge in [-0.05, 0) is 19.1 Å². The predicted molar refractivity (Wildman–Crippen MR) is 55.0 cm³/mol. The van der Waals surface area contributed by atoms with E-state index in [0.29, 0.717) is 19.7 Å². The van der Waals surface area contributed by atoms with Crippen LogP contribution in [0.2, 0.25) is 0 Å². The third kappa shape index (κ3) is 4.14. The van der Waals surface area contributed by atoms with Gasteiger partial charge in [-0.1, -0.05) is 0 Å². The standard InChI is InChI=1S/C10H16N2O3/c1-8(14-6-4-11)10(13)12-7-9-3-2-5-15-9/h2-3,5,8H,4,6-7,11H2,1H3,(H,12,13). The Morgan fingerprint density at radius 1 is 1.73 bits per heavy atom. The van der Waals surface area contributed by atoms with Gasteiger partial charge in [0.05, 0.1) is 19.4 Å². The molecule has 5 nitrogen and oxygen atoms in total. The van der Waals surface area contributed by atoms with Gasteiger partial charge in [-0.25, -0.2) is 0 Å². The molecule has 0 saturated heterocycles. The van der Waals surface area contributed by atoms with Crippen LogP contribution in [0.4, 0.5) is 0 Å². The lowest BCUT2D eigenvalue weighted by molar-refractivity contribution is -0.131. The first-order valence-electron chi connectivity index (χ1n) is 4.86. The van der Waals surface area contributed by atoms with Crippen molar-refractivity contribution in [1.82, 2.24) is 5.32 Å². The Hall–Kier alpha value is -1.33. The van der Waals surface area contributed by atoms with E-state index in [1.54, 1.807) is 25.3 Å². The van der Waals surface area contributed by atoms with E-state index >= 15 is 0 Å². The minimum absolute atomic E-state index is 0.167. The largest absolute Gasteiger partial charge is 0.467 e. The van der Waals surface area contributed by atoms with Crippen molar-refractivity contribution in [2.75, 3.05) is 13.2 Å². The highest BCUT2D eigenvalue weighted by Gasteiger charge is 2.12. The topological polar surface area (TPSA) is 77.5 Å². The van der Waals surface area contributed by atoms with Crippen molar-refractivity contribution in [1.29, 1.82) is 0 Å². The first-order valence-corrected chi connectivity index (χ1v) is 4.86. The molecule has 1 aromatic heterocycles. The summed E-state index contributed by atoms with van der Waals surface area (Å²) in [5, 5.41) is 2.70. The first-order chi connectivity index (χ1) is 7.24. The molecule has 0 bridgehead atoms. The quantitative estimate of drug-likeness (QED) is 0.709. The zero-order valence-electron chi connectivity index (χ0n) is 8.73. The molecule has 1 rings (SSSR count). The third-order valence-electron chi connectivity index (χ3n) is 1.87. The van der Waals surface area contributed by atoms with Crippen LogP contribution in [0, 0.1) is 0 Å². The molecule has 0 aliphatic carbocycles. The number of hydrogen-bond donors (Lipinski definition) is 2. The summed E-state index contributed by atoms with van der Waals surface area (Å²) < 4.78 is 10.2. The molecule has 0 fully saturated rings. The van der Waals surface area contributed by atoms with Gasteiger partial charge >= 0.3 is 0 Å². The molecular formula is C10H16N2O3. The van der Waals surface area contributed by atoms with E-state index in [2.05, 4.69) is 5.32 Å². The van der Waals surface area contributed by atoms with Gasteiger partial charge in [0.2, 0.25) is 5.91 Å². The normalized spacial score (nSPS) is 12.4. The molecule has 5 heteroatoms. The van der Waals surface area contributed by atoms with Gasteiger partial charge in [-0.3, -0.25) is 4.79 Å². The van der Waals surface area contributed by atoms with Crippen LogP contribution in [0.25, 0.3) is 0 Å². The number of furan rings is 1. The van der Waals surface area contributed by atoms with Gasteiger partial charge in [0.1, 0.15) is 11.9 Å². The van der Waals surface area contributed by atoms with Gasteiger partial charge in [-0.15, -0.1) is 0 Å². The summed E-state index contributed by atoms with van der Waals surface area (Å²) >= 11 is 0. The van der Waals surface area contributed by atoms with Gasteiger partial charge < -0.3 is 20.2 Å². The van der Waals surface area contributed by atoms with Crippen LogP contribution in [0.1, 0.15) is 12.7 Å². The highest BCUT2D eigenvalue weighted by molar-refractivity contribution is 5.80. The minimum Gasteiger partial charge on any atom is -0.467 e. The van der Waals surface area contributed by atoms with E-state index in [1.807, 2.05) is 0 Å². The van der Waals surface area contributed by atoms with Crippen LogP contribution in [-0.4, -0.2) is 25.2 Å². The maximum Gasteiger partial charge on any atom is 0.249 e. The molecular weight excluding hydrogens is 196 g/mol. The minimum atomic E-state index is -0.483. The van der Waals surface area contributed by atoms with Gasteiger partial charge in [0.25, 0.3) is 0 Å². The summed E-state index contributed by atoms with van der Waals surface area (Å²) in [6, 6.07) is 3.57. The van der Waals surface area contributed by atoms with Crippen LogP contribution in [0.15, 0.2) is 22.8 Å². The summed E-state index contributed by atoms with van der Waals surface area (Å²) in [5.74, 6) is 0.550. The summed E-state index contributed by atoms with van der Waals surface area (Å²) in [7, 11) is 0. The monoisotopic (exact) mass is 212 g/mol. The maximum atomic E-state index is 11.4. The average molecular weight is 212 g/mol. The number of amides is 1. The number of carbonyl (C=O) groups excluding carboxylic acids is 1. The van der Waals surface area contributed by atoms with Gasteiger partial charge in [0, 0.05) is 6.54 Å². The summed E-state index contributed by atoms with van der Waals surface area (Å²) in [4.78, 5) is 11.4. The summed E-state index contributed by atoms with van der Waals surface area (Å²) in [6.45, 7) is 2.86. The number of carbonyl (C=O) groups is 1. The molecule has 0 aliphatic rings. The Labute approximate surface area is 88.6 Å². The van der Waals surface area contributed by atoms with Crippen LogP contribution >= 0.6 is 0 Å². The first kappa shape index (κ1) is 11.7. The highest BCUT2D eigenvalue weighted by Crippen LogP contribution is 1.99. The van der Waals surface area contributed by atoms with Crippen molar-refractivity contribution >= 4 is 5.91 Å². The van der Waals surface area contributed by atoms with E-state index in [-0.39, 0.29) is 5.91 Å². The fourth-order valence-corrected chi connectivity index (χ4v) is 1.05. The Morgan fingerprint density at radius 3 is 3.13 bits per heavy atom. The molecule has 0 saturated carbocycles. The molecule has 1 aromatic rings. The van der Waals surface area contributed by atoms with E-state index < -0.39 is 6.10 Å². The smallest absolute Gasteiger partial charge is 0.249 e. The fraction of sp³-hybridized carbons (Fsp3) is 0.500. The van der Waals surface area contributed by atoms with Crippen LogP contribution in [0.5, 0.6) is 0 Å². The van der Waals surface area contributed by atoms with Crippen LogP contribution < -0.4 is 11.1 Å². The van der Waals surface area contributed by atoms with E-state index in [4.69, 9.17) is 14.9 Å². The molecule has 0 aliphatic heterocycles. The molecule has 1 unspecified atom stereocenters. The zero-order valence-corrected chi connectivity index (χ0v) is 8.73. The second-order valence-electron chi connectivity index (χ2n) is 3.10. The maximum absolute atomic E-state index is 11.4. The molecule has 3 N–H and O–H groups in total. The zero-order chi connectivity index (χ0) is 11.1. The Bertz CT molecular complexity index is 285. The lowest BCUT2D eigenvalue weighted by atomic mass is 10.3. The third-order valence-corrected chi connectivity index (χ3v) is 1.87. The molecule has 1 amide bonds. The van der Waals surface area contributed by atoms with E-state index in [9.17, 15) is 4.79 Å². The molecule has 1 heterocycles. The van der Waals surface area contributed by atoms with Crippen molar-refractivity contribution < 1.29 is 13.9 Å². The number of rotatable bonds is 6. The molecule has 0 aromatic carbocycles. The van der Waals surface area contributed by atoms with Crippen LogP contribution in [-0.2, 0) is 16.1 Å². The van der Waals surface area contributed by atoms with Crippen molar-refractivity contribution in [3.8, 4) is 0 Å². The lowest BCUT2D eigenvalue weighted by Crippen LogP contribution is -2.34. The number of hydrogen-bond acceptors (Lipinski definition) is 4. The summed E-state index contributed by atoms with van der Waals surface area (Å²) in [5.41, 5.74) is 5.26. The van der Waals surface area contributed by atoms with Crippen molar-refractivity contribution in [2.24, 2.45) is 5.73 Å². The molecule has 1 atom stereocenters. The SMILES string of the molecule is CC(OCCN)C(=O)NCc1ccco1. The molecule has 15 heavy (non-hydrogen) atoms. The second-order valence-corrected chi connectivity index (χ2v) is 3.10. The van der Waals surface area contributed by atoms with Crippen molar-refractivity contribution in [3.05, 3.63) is 24.2 Å². The van der Waals surface area contributed by atoms with Crippen molar-refractivity contribution in [3.63, 3.8) is 0 Å². The van der Waals surface area contributed by atoms with Gasteiger partial charge in [-0.2, -0.15) is 0 Å². The Kier molecular flexibility index (Phi) is 4.86. The molecule has 0 spiro atoms. The van der Waals surface area contributed by atoms with Crippen molar-refractivity contribution in [2.45, 2.75) is 19.6 Å². The lowest BCUT2D eigenvalue weighted by Gasteiger charge is -2.11. The molecule has 0 radical (unpaired) electrons. The highest BCUT2D eigenvalue weighted by atomic mass is 16.5. The fourth-order valence-electron chi connectivity index (χ4n) is 1.05. The Balaban J connectivity index is 2.23. The number of ether oxygens (including phenoxy) is 1. The average Bonchev–Trinajstić information content (AvgIpc) is 2.75. The van der Waals surface area contributed by atoms with E-state index in [1.165, 1.54) is 0 Å².